The molecule has 0 aromatic carbocycles. The number of amides is 2. The molecule has 0 aliphatic heterocycles. The number of urea groups is 1. The zero-order valence-electron chi connectivity index (χ0n) is 10.5. The summed E-state index contributed by atoms with van der Waals surface area (Å²) in [4.78, 5) is 10.9. The Labute approximate surface area is 102 Å². The fourth-order valence-electron chi connectivity index (χ4n) is 1.49. The van der Waals surface area contributed by atoms with Crippen LogP contribution in [0.1, 0.15) is 25.5 Å². The van der Waals surface area contributed by atoms with E-state index in [1.165, 1.54) is 0 Å². The molecule has 0 saturated heterocycles. The van der Waals surface area contributed by atoms with Gasteiger partial charge in [0.05, 0.1) is 5.69 Å². The van der Waals surface area contributed by atoms with Gasteiger partial charge in [-0.3, -0.25) is 0 Å². The summed E-state index contributed by atoms with van der Waals surface area (Å²) >= 11 is 0. The highest BCUT2D eigenvalue weighted by Gasteiger charge is 2.04. The number of aryl methyl sites for hydroxylation is 1. The van der Waals surface area contributed by atoms with Crippen LogP contribution in [0.15, 0.2) is 6.07 Å². The van der Waals surface area contributed by atoms with Gasteiger partial charge in [-0.25, -0.2) is 9.48 Å². The minimum atomic E-state index is -0.177. The average molecular weight is 239 g/mol. The molecule has 0 saturated carbocycles. The van der Waals surface area contributed by atoms with E-state index in [0.29, 0.717) is 18.8 Å². The summed E-state index contributed by atoms with van der Waals surface area (Å²) in [6, 6.07) is 1.68. The second-order valence-electron chi connectivity index (χ2n) is 3.89. The number of nitrogen functional groups attached to an aromatic ring is 1. The van der Waals surface area contributed by atoms with Gasteiger partial charge in [-0.2, -0.15) is 5.10 Å². The normalized spacial score (nSPS) is 10.2. The number of carbonyl (C=O) groups excluding carboxylic acids is 1. The van der Waals surface area contributed by atoms with Crippen LogP contribution in [0.3, 0.4) is 0 Å². The lowest BCUT2D eigenvalue weighted by Gasteiger charge is -2.02. The van der Waals surface area contributed by atoms with Crippen LogP contribution in [-0.2, 0) is 13.0 Å². The topological polar surface area (TPSA) is 85.0 Å². The van der Waals surface area contributed by atoms with E-state index in [0.717, 1.165) is 25.1 Å². The van der Waals surface area contributed by atoms with Crippen LogP contribution in [0.5, 0.6) is 0 Å². The first-order valence-electron chi connectivity index (χ1n) is 5.95. The molecule has 17 heavy (non-hydrogen) atoms. The number of rotatable bonds is 6. The summed E-state index contributed by atoms with van der Waals surface area (Å²) in [6.07, 6.45) is 2.88. The first kappa shape index (κ1) is 13.3. The molecule has 0 unspecified atom stereocenters. The Kier molecular flexibility index (Phi) is 5.32. The highest BCUT2D eigenvalue weighted by molar-refractivity contribution is 5.73. The zero-order chi connectivity index (χ0) is 12.7. The Morgan fingerprint density at radius 2 is 2.35 bits per heavy atom. The van der Waals surface area contributed by atoms with Crippen molar-refractivity contribution in [3.8, 4) is 0 Å². The summed E-state index contributed by atoms with van der Waals surface area (Å²) in [6.45, 7) is 3.54. The van der Waals surface area contributed by atoms with Crippen molar-refractivity contribution in [1.82, 2.24) is 20.4 Å². The van der Waals surface area contributed by atoms with Gasteiger partial charge in [-0.1, -0.05) is 13.3 Å². The maximum absolute atomic E-state index is 10.9. The van der Waals surface area contributed by atoms with Gasteiger partial charge in [-0.05, 0) is 6.42 Å². The van der Waals surface area contributed by atoms with Crippen molar-refractivity contribution in [2.24, 2.45) is 0 Å². The van der Waals surface area contributed by atoms with E-state index in [4.69, 9.17) is 5.73 Å². The molecule has 6 heteroatoms. The average Bonchev–Trinajstić information content (AvgIpc) is 2.67. The van der Waals surface area contributed by atoms with E-state index < -0.39 is 0 Å². The lowest BCUT2D eigenvalue weighted by molar-refractivity contribution is 0.243. The van der Waals surface area contributed by atoms with Crippen LogP contribution in [0.4, 0.5) is 10.6 Å². The molecule has 2 amide bonds. The van der Waals surface area contributed by atoms with Gasteiger partial charge in [0.15, 0.2) is 0 Å². The largest absolute Gasteiger partial charge is 0.384 e. The lowest BCUT2D eigenvalue weighted by Crippen LogP contribution is -2.34. The number of unbranched alkanes of at least 4 members (excludes halogenated alkanes) is 1. The Bertz CT molecular complexity index is 361. The molecule has 0 fully saturated rings. The van der Waals surface area contributed by atoms with Crippen LogP contribution in [0.25, 0.3) is 0 Å². The molecule has 1 heterocycles. The molecule has 0 spiro atoms. The number of carbonyl (C=O) groups is 1. The van der Waals surface area contributed by atoms with Gasteiger partial charge >= 0.3 is 6.03 Å². The van der Waals surface area contributed by atoms with Crippen LogP contribution in [-0.4, -0.2) is 29.4 Å². The predicted octanol–water partition coefficient (Wildman–Crippen LogP) is 0.737. The molecule has 1 aromatic rings. The molecular formula is C11H21N5O. The van der Waals surface area contributed by atoms with Gasteiger partial charge < -0.3 is 16.4 Å². The molecule has 1 aromatic heterocycles. The molecule has 6 nitrogen and oxygen atoms in total. The number of aromatic nitrogens is 2. The van der Waals surface area contributed by atoms with Gasteiger partial charge in [0, 0.05) is 32.6 Å². The van der Waals surface area contributed by atoms with Gasteiger partial charge in [0.1, 0.15) is 5.82 Å². The molecule has 0 aliphatic carbocycles. The maximum Gasteiger partial charge on any atom is 0.314 e. The first-order chi connectivity index (χ1) is 8.17. The number of nitrogens with two attached hydrogens (primary N) is 1. The Balaban J connectivity index is 2.41. The first-order valence-corrected chi connectivity index (χ1v) is 5.95. The number of hydrogen-bond donors (Lipinski definition) is 3. The van der Waals surface area contributed by atoms with Crippen LogP contribution in [0.2, 0.25) is 0 Å². The Morgan fingerprint density at radius 1 is 1.59 bits per heavy atom. The van der Waals surface area contributed by atoms with Crippen molar-refractivity contribution in [1.29, 1.82) is 0 Å². The standard InChI is InChI=1S/C11H21N5O/c1-3-4-7-16-10(12)8-9(15-16)5-6-14-11(17)13-2/h8H,3-7,12H2,1-2H3,(H2,13,14,17). The van der Waals surface area contributed by atoms with Crippen LogP contribution < -0.4 is 16.4 Å². The van der Waals surface area contributed by atoms with E-state index in [2.05, 4.69) is 22.7 Å². The number of nitrogens with zero attached hydrogens (tertiary/aromatic N) is 2. The minimum Gasteiger partial charge on any atom is -0.384 e. The van der Waals surface area contributed by atoms with Crippen molar-refractivity contribution in [3.63, 3.8) is 0 Å². The Morgan fingerprint density at radius 3 is 3.00 bits per heavy atom. The van der Waals surface area contributed by atoms with Crippen molar-refractivity contribution < 1.29 is 4.79 Å². The fourth-order valence-corrected chi connectivity index (χ4v) is 1.49. The molecule has 0 aliphatic rings. The summed E-state index contributed by atoms with van der Waals surface area (Å²) in [5.41, 5.74) is 6.75. The van der Waals surface area contributed by atoms with Crippen molar-refractivity contribution in [3.05, 3.63) is 11.8 Å². The maximum atomic E-state index is 10.9. The second-order valence-corrected chi connectivity index (χ2v) is 3.89. The summed E-state index contributed by atoms with van der Waals surface area (Å²) < 4.78 is 1.82. The summed E-state index contributed by atoms with van der Waals surface area (Å²) in [5, 5.41) is 9.60. The van der Waals surface area contributed by atoms with Crippen LogP contribution >= 0.6 is 0 Å². The molecule has 0 atom stereocenters. The van der Waals surface area contributed by atoms with E-state index in [-0.39, 0.29) is 6.03 Å². The smallest absolute Gasteiger partial charge is 0.314 e. The minimum absolute atomic E-state index is 0.177. The summed E-state index contributed by atoms with van der Waals surface area (Å²) in [5.74, 6) is 0.688. The molecule has 1 rings (SSSR count). The van der Waals surface area contributed by atoms with E-state index in [9.17, 15) is 4.79 Å². The number of nitrogens with one attached hydrogen (secondary N) is 2. The Hall–Kier alpha value is -1.72. The van der Waals surface area contributed by atoms with Gasteiger partial charge in [0.2, 0.25) is 0 Å². The van der Waals surface area contributed by atoms with E-state index in [1.807, 2.05) is 10.7 Å². The molecule has 0 radical (unpaired) electrons. The molecule has 96 valence electrons. The lowest BCUT2D eigenvalue weighted by atomic mass is 10.3. The third-order valence-corrected chi connectivity index (χ3v) is 2.48. The quantitative estimate of drug-likeness (QED) is 0.684. The van der Waals surface area contributed by atoms with E-state index >= 15 is 0 Å². The predicted molar refractivity (Wildman–Crippen MR) is 67.7 cm³/mol. The summed E-state index contributed by atoms with van der Waals surface area (Å²) in [7, 11) is 1.59. The monoisotopic (exact) mass is 239 g/mol. The molecule has 4 N–H and O–H groups in total. The van der Waals surface area contributed by atoms with Gasteiger partial charge in [0.25, 0.3) is 0 Å². The zero-order valence-corrected chi connectivity index (χ0v) is 10.5. The molecule has 0 bridgehead atoms. The van der Waals surface area contributed by atoms with Gasteiger partial charge in [-0.15, -0.1) is 0 Å². The molecular weight excluding hydrogens is 218 g/mol. The number of anilines is 1. The third kappa shape index (κ3) is 4.34. The second kappa shape index (κ2) is 6.78. The highest BCUT2D eigenvalue weighted by Crippen LogP contribution is 2.08. The van der Waals surface area contributed by atoms with E-state index in [1.54, 1.807) is 7.05 Å². The fraction of sp³-hybridized carbons (Fsp3) is 0.636. The SMILES string of the molecule is CCCCn1nc(CCNC(=O)NC)cc1N. The highest BCUT2D eigenvalue weighted by atomic mass is 16.2. The van der Waals surface area contributed by atoms with Crippen molar-refractivity contribution >= 4 is 11.8 Å². The van der Waals surface area contributed by atoms with Crippen LogP contribution in [0, 0.1) is 0 Å². The third-order valence-electron chi connectivity index (χ3n) is 2.48. The van der Waals surface area contributed by atoms with Crippen molar-refractivity contribution in [2.45, 2.75) is 32.7 Å². The van der Waals surface area contributed by atoms with Crippen molar-refractivity contribution in [2.75, 3.05) is 19.3 Å². The number of hydrogen-bond acceptors (Lipinski definition) is 3.